The van der Waals surface area contributed by atoms with Crippen LogP contribution in [0.5, 0.6) is 0 Å². The quantitative estimate of drug-likeness (QED) is 0.665. The second-order valence-electron chi connectivity index (χ2n) is 4.97. The number of rotatable bonds is 4. The summed E-state index contributed by atoms with van der Waals surface area (Å²) >= 11 is 3.39. The van der Waals surface area contributed by atoms with Gasteiger partial charge in [-0.3, -0.25) is 4.79 Å². The lowest BCUT2D eigenvalue weighted by molar-refractivity contribution is 0.102. The summed E-state index contributed by atoms with van der Waals surface area (Å²) in [4.78, 5) is 16.7. The number of anilines is 3. The number of nitrogens with one attached hydrogen (secondary N) is 2. The number of hydrogen-bond acceptors (Lipinski definition) is 3. The smallest absolute Gasteiger partial charge is 0.259 e. The highest BCUT2D eigenvalue weighted by molar-refractivity contribution is 9.10. The summed E-state index contributed by atoms with van der Waals surface area (Å²) < 4.78 is 14.6. The third kappa shape index (κ3) is 3.78. The van der Waals surface area contributed by atoms with Crippen molar-refractivity contribution in [2.24, 2.45) is 0 Å². The molecule has 4 nitrogen and oxygen atoms in total. The van der Waals surface area contributed by atoms with Gasteiger partial charge in [0, 0.05) is 16.4 Å². The summed E-state index contributed by atoms with van der Waals surface area (Å²) in [7, 11) is 0. The van der Waals surface area contributed by atoms with Crippen molar-refractivity contribution in [3.05, 3.63) is 82.7 Å². The molecule has 3 rings (SSSR count). The van der Waals surface area contributed by atoms with Gasteiger partial charge < -0.3 is 10.6 Å². The van der Waals surface area contributed by atoms with Crippen molar-refractivity contribution in [3.63, 3.8) is 0 Å². The molecule has 0 atom stereocenters. The molecule has 0 aliphatic heterocycles. The predicted octanol–water partition coefficient (Wildman–Crippen LogP) is 4.98. The van der Waals surface area contributed by atoms with E-state index in [0.717, 1.165) is 10.2 Å². The molecule has 0 fully saturated rings. The van der Waals surface area contributed by atoms with E-state index in [4.69, 9.17) is 0 Å². The second-order valence-corrected chi connectivity index (χ2v) is 5.88. The molecule has 0 saturated heterocycles. The number of carbonyl (C=O) groups excluding carboxylic acids is 1. The molecule has 6 heteroatoms. The Morgan fingerprint density at radius 2 is 1.88 bits per heavy atom. The summed E-state index contributed by atoms with van der Waals surface area (Å²) in [6.07, 6.45) is 1.58. The van der Waals surface area contributed by atoms with E-state index in [1.807, 2.05) is 24.3 Å². The topological polar surface area (TPSA) is 54.0 Å². The average molecular weight is 386 g/mol. The van der Waals surface area contributed by atoms with Crippen LogP contribution in [-0.2, 0) is 0 Å². The lowest BCUT2D eigenvalue weighted by atomic mass is 10.2. The molecule has 1 aromatic heterocycles. The van der Waals surface area contributed by atoms with Crippen LogP contribution in [0.4, 0.5) is 21.6 Å². The zero-order chi connectivity index (χ0) is 16.9. The van der Waals surface area contributed by atoms with Gasteiger partial charge in [0.15, 0.2) is 0 Å². The van der Waals surface area contributed by atoms with Crippen molar-refractivity contribution < 1.29 is 9.18 Å². The van der Waals surface area contributed by atoms with Crippen LogP contribution in [-0.4, -0.2) is 10.9 Å². The molecular formula is C18H13BrFN3O. The molecule has 0 radical (unpaired) electrons. The number of carbonyl (C=O) groups is 1. The van der Waals surface area contributed by atoms with Crippen molar-refractivity contribution in [3.8, 4) is 0 Å². The van der Waals surface area contributed by atoms with Crippen LogP contribution < -0.4 is 10.6 Å². The molecular weight excluding hydrogens is 373 g/mol. The van der Waals surface area contributed by atoms with Gasteiger partial charge in [0.1, 0.15) is 11.6 Å². The Morgan fingerprint density at radius 1 is 1.04 bits per heavy atom. The Kier molecular flexibility index (Phi) is 4.86. The van der Waals surface area contributed by atoms with E-state index < -0.39 is 11.7 Å². The van der Waals surface area contributed by atoms with Crippen LogP contribution in [0.3, 0.4) is 0 Å². The Bertz CT molecular complexity index is 885. The Labute approximate surface area is 146 Å². The minimum Gasteiger partial charge on any atom is -0.340 e. The summed E-state index contributed by atoms with van der Waals surface area (Å²) in [5.74, 6) is -0.536. The van der Waals surface area contributed by atoms with Gasteiger partial charge in [-0.15, -0.1) is 0 Å². The molecule has 120 valence electrons. The van der Waals surface area contributed by atoms with Gasteiger partial charge in [0.25, 0.3) is 5.91 Å². The fourth-order valence-electron chi connectivity index (χ4n) is 2.14. The van der Waals surface area contributed by atoms with Gasteiger partial charge in [0.05, 0.1) is 11.3 Å². The molecule has 2 aromatic carbocycles. The van der Waals surface area contributed by atoms with E-state index in [2.05, 4.69) is 31.5 Å². The monoisotopic (exact) mass is 385 g/mol. The van der Waals surface area contributed by atoms with Crippen LogP contribution in [0.25, 0.3) is 0 Å². The zero-order valence-electron chi connectivity index (χ0n) is 12.5. The lowest BCUT2D eigenvalue weighted by Gasteiger charge is -2.12. The van der Waals surface area contributed by atoms with Crippen LogP contribution in [0.15, 0.2) is 71.3 Å². The Morgan fingerprint density at radius 3 is 2.67 bits per heavy atom. The number of amides is 1. The fraction of sp³-hybridized carbons (Fsp3) is 0. The molecule has 0 aliphatic rings. The second kappa shape index (κ2) is 7.23. The van der Waals surface area contributed by atoms with Gasteiger partial charge in [0.2, 0.25) is 0 Å². The molecule has 3 aromatic rings. The van der Waals surface area contributed by atoms with E-state index in [1.54, 1.807) is 30.5 Å². The standard InChI is InChI=1S/C18H13BrFN3O/c19-12-5-3-6-13(11-12)22-17-14(7-4-10-21-17)18(24)23-16-9-2-1-8-15(16)20/h1-11H,(H,21,22)(H,23,24). The first-order valence-corrected chi connectivity index (χ1v) is 7.96. The minimum absolute atomic E-state index is 0.125. The van der Waals surface area contributed by atoms with E-state index in [0.29, 0.717) is 11.4 Å². The molecule has 1 amide bonds. The third-order valence-electron chi connectivity index (χ3n) is 3.26. The first-order chi connectivity index (χ1) is 11.6. The van der Waals surface area contributed by atoms with Gasteiger partial charge in [-0.2, -0.15) is 0 Å². The number of hydrogen-bond donors (Lipinski definition) is 2. The van der Waals surface area contributed by atoms with Gasteiger partial charge in [-0.1, -0.05) is 34.1 Å². The first kappa shape index (κ1) is 16.1. The highest BCUT2D eigenvalue weighted by Gasteiger charge is 2.14. The van der Waals surface area contributed by atoms with E-state index in [9.17, 15) is 9.18 Å². The maximum atomic E-state index is 13.7. The fourth-order valence-corrected chi connectivity index (χ4v) is 2.54. The van der Waals surface area contributed by atoms with Crippen molar-refractivity contribution in [2.45, 2.75) is 0 Å². The number of nitrogens with zero attached hydrogens (tertiary/aromatic N) is 1. The SMILES string of the molecule is O=C(Nc1ccccc1F)c1cccnc1Nc1cccc(Br)c1. The average Bonchev–Trinajstić information content (AvgIpc) is 2.57. The Balaban J connectivity index is 1.86. The number of aromatic nitrogens is 1. The highest BCUT2D eigenvalue weighted by Crippen LogP contribution is 2.23. The van der Waals surface area contributed by atoms with Gasteiger partial charge >= 0.3 is 0 Å². The van der Waals surface area contributed by atoms with E-state index in [1.165, 1.54) is 12.1 Å². The molecule has 0 unspecified atom stereocenters. The summed E-state index contributed by atoms with van der Waals surface area (Å²) in [5.41, 5.74) is 1.23. The minimum atomic E-state index is -0.490. The molecule has 24 heavy (non-hydrogen) atoms. The normalized spacial score (nSPS) is 10.2. The maximum Gasteiger partial charge on any atom is 0.259 e. The van der Waals surface area contributed by atoms with Crippen molar-refractivity contribution >= 4 is 39.0 Å². The van der Waals surface area contributed by atoms with Crippen LogP contribution in [0, 0.1) is 5.82 Å². The van der Waals surface area contributed by atoms with Crippen LogP contribution in [0.1, 0.15) is 10.4 Å². The van der Waals surface area contributed by atoms with Crippen LogP contribution in [0.2, 0.25) is 0 Å². The molecule has 0 bridgehead atoms. The van der Waals surface area contributed by atoms with Crippen molar-refractivity contribution in [1.29, 1.82) is 0 Å². The summed E-state index contributed by atoms with van der Waals surface area (Å²) in [6, 6.07) is 16.8. The van der Waals surface area contributed by atoms with Crippen molar-refractivity contribution in [1.82, 2.24) is 4.98 Å². The molecule has 0 saturated carbocycles. The molecule has 2 N–H and O–H groups in total. The van der Waals surface area contributed by atoms with Gasteiger partial charge in [-0.05, 0) is 42.5 Å². The summed E-state index contributed by atoms with van der Waals surface area (Å²) in [6.45, 7) is 0. The number of pyridine rings is 1. The van der Waals surface area contributed by atoms with Crippen LogP contribution >= 0.6 is 15.9 Å². The molecule has 0 spiro atoms. The zero-order valence-corrected chi connectivity index (χ0v) is 14.0. The molecule has 1 heterocycles. The first-order valence-electron chi connectivity index (χ1n) is 7.17. The number of para-hydroxylation sites is 1. The van der Waals surface area contributed by atoms with E-state index >= 15 is 0 Å². The lowest BCUT2D eigenvalue weighted by Crippen LogP contribution is -2.15. The van der Waals surface area contributed by atoms with Gasteiger partial charge in [-0.25, -0.2) is 9.37 Å². The maximum absolute atomic E-state index is 13.7. The largest absolute Gasteiger partial charge is 0.340 e. The van der Waals surface area contributed by atoms with E-state index in [-0.39, 0.29) is 5.69 Å². The predicted molar refractivity (Wildman–Crippen MR) is 96.0 cm³/mol. The number of halogens is 2. The third-order valence-corrected chi connectivity index (χ3v) is 3.76. The Hall–Kier alpha value is -2.73. The summed E-state index contributed by atoms with van der Waals surface area (Å²) in [5, 5.41) is 5.66. The molecule has 0 aliphatic carbocycles. The van der Waals surface area contributed by atoms with Crippen molar-refractivity contribution in [2.75, 3.05) is 10.6 Å². The highest BCUT2D eigenvalue weighted by atomic mass is 79.9. The number of benzene rings is 2.